The van der Waals surface area contributed by atoms with Gasteiger partial charge in [-0.05, 0) is 225 Å². The Balaban J connectivity index is 0.000000158. The number of rotatable bonds is 30. The van der Waals surface area contributed by atoms with E-state index in [9.17, 15) is 0 Å². The van der Waals surface area contributed by atoms with Gasteiger partial charge in [-0.25, -0.2) is 0 Å². The zero-order valence-corrected chi connectivity index (χ0v) is 58.7. The summed E-state index contributed by atoms with van der Waals surface area (Å²) in [5.74, 6) is 4.42. The third kappa shape index (κ3) is 21.9. The molecule has 0 radical (unpaired) electrons. The van der Waals surface area contributed by atoms with E-state index in [1.165, 1.54) is 72.9 Å². The van der Waals surface area contributed by atoms with Gasteiger partial charge in [0.2, 0.25) is 0 Å². The van der Waals surface area contributed by atoms with E-state index in [0.717, 1.165) is 126 Å². The van der Waals surface area contributed by atoms with Crippen LogP contribution in [0.3, 0.4) is 0 Å². The Morgan fingerprint density at radius 1 is 0.309 bits per heavy atom. The Labute approximate surface area is 587 Å². The lowest BCUT2D eigenvalue weighted by atomic mass is 10.0. The van der Waals surface area contributed by atoms with Crippen molar-refractivity contribution in [3.8, 4) is 28.7 Å². The summed E-state index contributed by atoms with van der Waals surface area (Å²) in [6.07, 6.45) is 11.3. The van der Waals surface area contributed by atoms with Crippen LogP contribution in [0.5, 0.6) is 28.7 Å². The van der Waals surface area contributed by atoms with Crippen molar-refractivity contribution < 1.29 is 37.9 Å². The summed E-state index contributed by atoms with van der Waals surface area (Å²) in [5, 5.41) is 1.45. The van der Waals surface area contributed by atoms with Gasteiger partial charge in [-0.3, -0.25) is 14.7 Å². The number of aryl methyl sites for hydroxylation is 1. The zero-order valence-electron chi connectivity index (χ0n) is 57.2. The summed E-state index contributed by atoms with van der Waals surface area (Å²) in [5.41, 5.74) is 10.9. The summed E-state index contributed by atoms with van der Waals surface area (Å²) in [6.45, 7) is 8.79. The van der Waals surface area contributed by atoms with Crippen molar-refractivity contribution >= 4 is 23.2 Å². The van der Waals surface area contributed by atoms with Gasteiger partial charge in [0.1, 0.15) is 47.1 Å². The van der Waals surface area contributed by atoms with Crippen LogP contribution >= 0.6 is 23.2 Å². The predicted molar refractivity (Wildman–Crippen MR) is 394 cm³/mol. The Hall–Kier alpha value is -7.68. The van der Waals surface area contributed by atoms with E-state index in [1.54, 1.807) is 35.5 Å². The summed E-state index contributed by atoms with van der Waals surface area (Å²) in [4.78, 5) is 7.75. The number of hydrogen-bond donors (Lipinski definition) is 0. The standard InChI is InChI=1S/C29H35NO4.C28H33NO2.C27H29Cl2NO2/c1-31-26-12-6-22(7-13-26)18-20-30-19-4-5-25(30)21-34-29(23-8-14-27(32-2)15-9-23)24-10-16-28(33-3)17-11-24;1-30-27-18-16-23(17-19-27)10-8-20-29-21-9-15-26(29)22-31-28(24-11-4-2-5-12-24)25-13-6-3-7-14-25;1-31-26-14-4-20(5-15-26)16-18-30-17-2-3-25(30)19-32-27(21-6-10-23(28)11-7-21)22-8-12-24(29)13-9-22/h6-17,25,29H,4-5,18-21H2,1-3H3;2-7,11-14,16-19,26,28H,8-10,15,20-22H2,1H3;4-15,25,27H,2-3,16-19H2,1H3/t25-;26-;25-/m000/s1. The predicted octanol–water partition coefficient (Wildman–Crippen LogP) is 18.2. The number of likely N-dealkylation sites (tertiary alicyclic amines) is 3. The highest BCUT2D eigenvalue weighted by Crippen LogP contribution is 2.34. The molecule has 510 valence electrons. The lowest BCUT2D eigenvalue weighted by Gasteiger charge is -2.27. The van der Waals surface area contributed by atoms with E-state index in [4.69, 9.17) is 61.1 Å². The first-order chi connectivity index (χ1) is 47.6. The number of benzene rings is 9. The highest BCUT2D eigenvalue weighted by molar-refractivity contribution is 6.30. The average molecular weight is 1350 g/mol. The van der Waals surface area contributed by atoms with Crippen molar-refractivity contribution in [1.29, 1.82) is 0 Å². The largest absolute Gasteiger partial charge is 0.497 e. The minimum Gasteiger partial charge on any atom is -0.497 e. The first-order valence-corrected chi connectivity index (χ1v) is 35.3. The molecule has 0 bridgehead atoms. The first kappa shape index (κ1) is 72.1. The van der Waals surface area contributed by atoms with Crippen LogP contribution in [0, 0.1) is 0 Å². The van der Waals surface area contributed by atoms with E-state index < -0.39 is 0 Å². The minimum absolute atomic E-state index is 0.0100. The van der Waals surface area contributed by atoms with E-state index in [-0.39, 0.29) is 18.3 Å². The molecule has 0 unspecified atom stereocenters. The van der Waals surface area contributed by atoms with Gasteiger partial charge < -0.3 is 37.9 Å². The van der Waals surface area contributed by atoms with Gasteiger partial charge in [0.25, 0.3) is 0 Å². The second-order valence-corrected chi connectivity index (χ2v) is 26.1. The molecule has 0 spiro atoms. The van der Waals surface area contributed by atoms with Crippen molar-refractivity contribution in [1.82, 2.24) is 14.7 Å². The quantitative estimate of drug-likeness (QED) is 0.0432. The van der Waals surface area contributed by atoms with Crippen molar-refractivity contribution in [3.63, 3.8) is 0 Å². The molecular formula is C84H97Cl2N3O8. The van der Waals surface area contributed by atoms with Crippen LogP contribution < -0.4 is 23.7 Å². The topological polar surface area (TPSA) is 83.6 Å². The fourth-order valence-corrected chi connectivity index (χ4v) is 13.7. The second-order valence-electron chi connectivity index (χ2n) is 25.3. The van der Waals surface area contributed by atoms with Crippen LogP contribution in [-0.4, -0.2) is 127 Å². The number of methoxy groups -OCH3 is 5. The molecule has 11 nitrogen and oxygen atoms in total. The van der Waals surface area contributed by atoms with Crippen LogP contribution in [0.4, 0.5) is 0 Å². The normalized spacial score (nSPS) is 16.4. The third-order valence-electron chi connectivity index (χ3n) is 19.0. The summed E-state index contributed by atoms with van der Waals surface area (Å²) < 4.78 is 46.2. The van der Waals surface area contributed by atoms with Crippen molar-refractivity contribution in [2.45, 2.75) is 101 Å². The molecule has 9 aromatic rings. The summed E-state index contributed by atoms with van der Waals surface area (Å²) in [7, 11) is 8.49. The smallest absolute Gasteiger partial charge is 0.118 e. The van der Waals surface area contributed by atoms with Crippen LogP contribution in [0.25, 0.3) is 0 Å². The molecule has 3 aliphatic rings. The molecule has 12 rings (SSSR count). The van der Waals surface area contributed by atoms with Gasteiger partial charge in [-0.15, -0.1) is 0 Å². The van der Waals surface area contributed by atoms with Crippen molar-refractivity contribution in [2.75, 3.05) is 94.6 Å². The number of hydrogen-bond acceptors (Lipinski definition) is 11. The Morgan fingerprint density at radius 3 is 0.866 bits per heavy atom. The van der Waals surface area contributed by atoms with Crippen molar-refractivity contribution in [3.05, 3.63) is 291 Å². The Bertz CT molecular complexity index is 3510. The summed E-state index contributed by atoms with van der Waals surface area (Å²) in [6, 6.07) is 79.9. The van der Waals surface area contributed by atoms with E-state index in [0.29, 0.717) is 31.3 Å². The van der Waals surface area contributed by atoms with E-state index in [2.05, 4.69) is 148 Å². The fourth-order valence-electron chi connectivity index (χ4n) is 13.4. The van der Waals surface area contributed by atoms with Crippen LogP contribution in [-0.2, 0) is 33.5 Å². The second kappa shape index (κ2) is 38.5. The molecule has 3 atom stereocenters. The highest BCUT2D eigenvalue weighted by atomic mass is 35.5. The Morgan fingerprint density at radius 2 is 0.567 bits per heavy atom. The molecular weight excluding hydrogens is 1250 g/mol. The van der Waals surface area contributed by atoms with Gasteiger partial charge in [-0.2, -0.15) is 0 Å². The van der Waals surface area contributed by atoms with E-state index in [1.807, 2.05) is 97.1 Å². The molecule has 97 heavy (non-hydrogen) atoms. The SMILES string of the molecule is COc1ccc(CCCN2CCC[C@H]2COC(c2ccccc2)c2ccccc2)cc1.COc1ccc(CCN2CCC[C@H]2COC(c2ccc(Cl)cc2)c2ccc(Cl)cc2)cc1.COc1ccc(CCN2CCC[C@H]2COC(c2ccc(OC)cc2)c2ccc(OC)cc2)cc1. The highest BCUT2D eigenvalue weighted by Gasteiger charge is 2.30. The van der Waals surface area contributed by atoms with Gasteiger partial charge in [0.05, 0.1) is 55.4 Å². The number of ether oxygens (including phenoxy) is 8. The monoisotopic (exact) mass is 1350 g/mol. The molecule has 9 aromatic carbocycles. The first-order valence-electron chi connectivity index (χ1n) is 34.5. The van der Waals surface area contributed by atoms with Crippen molar-refractivity contribution in [2.24, 2.45) is 0 Å². The Kier molecular flexibility index (Phi) is 28.6. The minimum atomic E-state index is -0.145. The van der Waals surface area contributed by atoms with Crippen LogP contribution in [0.1, 0.15) is 113 Å². The van der Waals surface area contributed by atoms with Crippen LogP contribution in [0.2, 0.25) is 10.0 Å². The molecule has 0 aliphatic carbocycles. The molecule has 0 aromatic heterocycles. The molecule has 3 fully saturated rings. The molecule has 0 amide bonds. The average Bonchev–Trinajstić information content (AvgIpc) is 2.40. The molecule has 13 heteroatoms. The summed E-state index contributed by atoms with van der Waals surface area (Å²) >= 11 is 12.2. The van der Waals surface area contributed by atoms with Gasteiger partial charge >= 0.3 is 0 Å². The molecule has 0 saturated carbocycles. The molecule has 3 aliphatic heterocycles. The number of nitrogens with zero attached hydrogens (tertiary/aromatic N) is 3. The maximum atomic E-state index is 6.62. The lowest BCUT2D eigenvalue weighted by Crippen LogP contribution is -2.35. The van der Waals surface area contributed by atoms with Gasteiger partial charge in [0, 0.05) is 41.3 Å². The third-order valence-corrected chi connectivity index (χ3v) is 19.5. The van der Waals surface area contributed by atoms with E-state index >= 15 is 0 Å². The molecule has 3 heterocycles. The molecule has 3 saturated heterocycles. The maximum Gasteiger partial charge on any atom is 0.118 e. The lowest BCUT2D eigenvalue weighted by molar-refractivity contribution is 0.0376. The zero-order chi connectivity index (χ0) is 67.4. The van der Waals surface area contributed by atoms with Gasteiger partial charge in [0.15, 0.2) is 0 Å². The maximum absolute atomic E-state index is 6.62. The van der Waals surface area contributed by atoms with Gasteiger partial charge in [-0.1, -0.05) is 169 Å². The number of halogens is 2. The fraction of sp³-hybridized carbons (Fsp3) is 0.357. The van der Waals surface area contributed by atoms with Crippen LogP contribution in [0.15, 0.2) is 231 Å². The molecule has 0 N–H and O–H groups in total.